The van der Waals surface area contributed by atoms with Crippen LogP contribution in [0, 0.1) is 0 Å². The van der Waals surface area contributed by atoms with Gasteiger partial charge in [-0.25, -0.2) is 9.67 Å². The minimum Gasteiger partial charge on any atom is -0.480 e. The van der Waals surface area contributed by atoms with Crippen LogP contribution in [0.5, 0.6) is 0 Å². The van der Waals surface area contributed by atoms with Crippen LogP contribution in [0.4, 0.5) is 13.2 Å². The van der Waals surface area contributed by atoms with E-state index in [1.807, 2.05) is 0 Å². The Morgan fingerprint density at radius 2 is 2.04 bits per heavy atom. The first-order valence-electron chi connectivity index (χ1n) is 7.94. The van der Waals surface area contributed by atoms with Crippen LogP contribution in [0.2, 0.25) is 0 Å². The van der Waals surface area contributed by atoms with Crippen molar-refractivity contribution >= 4 is 17.0 Å². The smallest absolute Gasteiger partial charge is 0.417 e. The van der Waals surface area contributed by atoms with Crippen molar-refractivity contribution in [2.75, 3.05) is 0 Å². The number of halogens is 3. The van der Waals surface area contributed by atoms with Crippen LogP contribution in [0.3, 0.4) is 0 Å². The molecule has 0 spiro atoms. The molecule has 136 valence electrons. The number of rotatable bonds is 4. The van der Waals surface area contributed by atoms with Gasteiger partial charge >= 0.3 is 12.1 Å². The van der Waals surface area contributed by atoms with Crippen LogP contribution in [0.1, 0.15) is 30.0 Å². The predicted molar refractivity (Wildman–Crippen MR) is 84.3 cm³/mol. The number of alkyl halides is 3. The number of nitrogens with zero attached hydrogens (tertiary/aromatic N) is 5. The van der Waals surface area contributed by atoms with Crippen molar-refractivity contribution in [2.45, 2.75) is 31.5 Å². The molecule has 26 heavy (non-hydrogen) atoms. The molecule has 1 aliphatic carbocycles. The van der Waals surface area contributed by atoms with Crippen molar-refractivity contribution in [3.05, 3.63) is 29.6 Å². The third-order valence-corrected chi connectivity index (χ3v) is 4.26. The maximum absolute atomic E-state index is 13.7. The highest BCUT2D eigenvalue weighted by Gasteiger charge is 2.39. The normalized spacial score (nSPS) is 14.9. The summed E-state index contributed by atoms with van der Waals surface area (Å²) in [7, 11) is 1.65. The van der Waals surface area contributed by atoms with Crippen molar-refractivity contribution in [3.63, 3.8) is 0 Å². The summed E-state index contributed by atoms with van der Waals surface area (Å²) < 4.78 is 43.7. The third-order valence-electron chi connectivity index (χ3n) is 4.26. The second-order valence-electron chi connectivity index (χ2n) is 6.34. The van der Waals surface area contributed by atoms with E-state index in [1.165, 1.54) is 4.68 Å². The molecule has 0 radical (unpaired) electrons. The fraction of sp³-hybridized carbons (Fsp3) is 0.375. The maximum atomic E-state index is 13.7. The molecule has 0 aliphatic heterocycles. The van der Waals surface area contributed by atoms with Gasteiger partial charge in [0.25, 0.3) is 0 Å². The van der Waals surface area contributed by atoms with Crippen molar-refractivity contribution in [1.29, 1.82) is 0 Å². The lowest BCUT2D eigenvalue weighted by Gasteiger charge is -2.11. The number of carbonyl (C=O) groups is 1. The van der Waals surface area contributed by atoms with E-state index in [0.717, 1.165) is 23.6 Å². The highest BCUT2D eigenvalue weighted by Crippen LogP contribution is 2.46. The van der Waals surface area contributed by atoms with Gasteiger partial charge in [-0.2, -0.15) is 23.4 Å². The van der Waals surface area contributed by atoms with Crippen LogP contribution >= 0.6 is 0 Å². The molecule has 0 aromatic carbocycles. The molecule has 0 unspecified atom stereocenters. The molecule has 0 amide bonds. The number of aromatic nitrogens is 5. The Kier molecular flexibility index (Phi) is 3.53. The predicted octanol–water partition coefficient (Wildman–Crippen LogP) is 2.81. The van der Waals surface area contributed by atoms with Gasteiger partial charge in [0.05, 0.1) is 22.3 Å². The van der Waals surface area contributed by atoms with E-state index in [2.05, 4.69) is 15.2 Å². The molecule has 1 N–H and O–H groups in total. The lowest BCUT2D eigenvalue weighted by atomic mass is 10.1. The largest absolute Gasteiger partial charge is 0.480 e. The molecule has 0 atom stereocenters. The van der Waals surface area contributed by atoms with E-state index < -0.39 is 24.3 Å². The maximum Gasteiger partial charge on any atom is 0.417 e. The molecule has 0 saturated heterocycles. The lowest BCUT2D eigenvalue weighted by Crippen LogP contribution is -2.12. The van der Waals surface area contributed by atoms with E-state index in [-0.39, 0.29) is 34.0 Å². The third kappa shape index (κ3) is 2.80. The Labute approximate surface area is 145 Å². The first kappa shape index (κ1) is 16.6. The zero-order chi connectivity index (χ0) is 18.6. The zero-order valence-corrected chi connectivity index (χ0v) is 13.7. The number of pyridine rings is 1. The highest BCUT2D eigenvalue weighted by atomic mass is 19.4. The second-order valence-corrected chi connectivity index (χ2v) is 6.34. The SMILES string of the molecule is Cn1ccc(-c2cc(C(F)(F)F)c3c(C4CC4)nn(CC(=O)O)c3n2)n1. The first-order valence-corrected chi connectivity index (χ1v) is 7.94. The summed E-state index contributed by atoms with van der Waals surface area (Å²) in [6.45, 7) is -0.556. The van der Waals surface area contributed by atoms with Crippen LogP contribution in [-0.2, 0) is 24.6 Å². The fourth-order valence-electron chi connectivity index (χ4n) is 2.99. The van der Waals surface area contributed by atoms with Crippen molar-refractivity contribution < 1.29 is 23.1 Å². The first-order chi connectivity index (χ1) is 12.2. The van der Waals surface area contributed by atoms with Gasteiger partial charge in [-0.3, -0.25) is 9.48 Å². The molecule has 10 heteroatoms. The van der Waals surface area contributed by atoms with E-state index in [4.69, 9.17) is 5.11 Å². The average Bonchev–Trinajstić information content (AvgIpc) is 3.20. The summed E-state index contributed by atoms with van der Waals surface area (Å²) in [5.74, 6) is -1.29. The second kappa shape index (κ2) is 5.55. The highest BCUT2D eigenvalue weighted by molar-refractivity contribution is 5.87. The number of carboxylic acid groups (broad SMARTS) is 1. The van der Waals surface area contributed by atoms with Crippen molar-refractivity contribution in [3.8, 4) is 11.4 Å². The van der Waals surface area contributed by atoms with Gasteiger partial charge in [0, 0.05) is 19.2 Å². The Morgan fingerprint density at radius 1 is 1.31 bits per heavy atom. The number of hydrogen-bond donors (Lipinski definition) is 1. The molecule has 7 nitrogen and oxygen atoms in total. The number of hydrogen-bond acceptors (Lipinski definition) is 4. The summed E-state index contributed by atoms with van der Waals surface area (Å²) in [5, 5.41) is 17.2. The molecular weight excluding hydrogens is 351 g/mol. The summed E-state index contributed by atoms with van der Waals surface area (Å²) >= 11 is 0. The van der Waals surface area contributed by atoms with Gasteiger partial charge in [0.2, 0.25) is 0 Å². The Hall–Kier alpha value is -2.91. The standard InChI is InChI=1S/C16H14F3N5O2/c1-23-5-4-10(21-23)11-6-9(16(17,18)19)13-14(8-2-3-8)22-24(7-12(25)26)15(13)20-11/h4-6,8H,2-3,7H2,1H3,(H,25,26). The Morgan fingerprint density at radius 3 is 2.58 bits per heavy atom. The van der Waals surface area contributed by atoms with Gasteiger partial charge in [-0.1, -0.05) is 0 Å². The molecule has 3 aromatic rings. The van der Waals surface area contributed by atoms with Crippen LogP contribution in [0.15, 0.2) is 18.3 Å². The zero-order valence-electron chi connectivity index (χ0n) is 13.7. The summed E-state index contributed by atoms with van der Waals surface area (Å²) in [6.07, 6.45) is -1.55. The van der Waals surface area contributed by atoms with Crippen LogP contribution < -0.4 is 0 Å². The van der Waals surface area contributed by atoms with E-state index in [0.29, 0.717) is 0 Å². The monoisotopic (exact) mass is 365 g/mol. The van der Waals surface area contributed by atoms with Gasteiger partial charge in [-0.15, -0.1) is 0 Å². The molecular formula is C16H14F3N5O2. The topological polar surface area (TPSA) is 85.8 Å². The van der Waals surface area contributed by atoms with Crippen LogP contribution in [-0.4, -0.2) is 35.6 Å². The minimum atomic E-state index is -4.62. The molecule has 3 heterocycles. The molecule has 0 bridgehead atoms. The summed E-state index contributed by atoms with van der Waals surface area (Å²) in [6, 6.07) is 2.51. The quantitative estimate of drug-likeness (QED) is 0.768. The average molecular weight is 365 g/mol. The molecule has 1 fully saturated rings. The lowest BCUT2D eigenvalue weighted by molar-refractivity contribution is -0.138. The number of carboxylic acids is 1. The van der Waals surface area contributed by atoms with Gasteiger partial charge in [0.15, 0.2) is 5.65 Å². The van der Waals surface area contributed by atoms with Gasteiger partial charge in [-0.05, 0) is 25.0 Å². The Balaban J connectivity index is 2.03. The minimum absolute atomic E-state index is 0.0271. The Bertz CT molecular complexity index is 1020. The molecule has 3 aromatic heterocycles. The summed E-state index contributed by atoms with van der Waals surface area (Å²) in [4.78, 5) is 15.4. The van der Waals surface area contributed by atoms with Crippen LogP contribution in [0.25, 0.3) is 22.4 Å². The fourth-order valence-corrected chi connectivity index (χ4v) is 2.99. The molecule has 4 rings (SSSR count). The number of fused-ring (bicyclic) bond motifs is 1. The van der Waals surface area contributed by atoms with Gasteiger partial charge in [0.1, 0.15) is 12.2 Å². The summed E-state index contributed by atoms with van der Waals surface area (Å²) in [5.41, 5.74) is -0.365. The van der Waals surface area contributed by atoms with Gasteiger partial charge < -0.3 is 5.11 Å². The van der Waals surface area contributed by atoms with Crippen molar-refractivity contribution in [1.82, 2.24) is 24.5 Å². The molecule has 1 saturated carbocycles. The van der Waals surface area contributed by atoms with E-state index in [1.54, 1.807) is 19.3 Å². The number of aliphatic carboxylic acids is 1. The van der Waals surface area contributed by atoms with Crippen molar-refractivity contribution in [2.24, 2.45) is 7.05 Å². The molecule has 1 aliphatic rings. The number of aryl methyl sites for hydroxylation is 1. The van der Waals surface area contributed by atoms with E-state index in [9.17, 15) is 18.0 Å². The van der Waals surface area contributed by atoms with E-state index >= 15 is 0 Å².